The molecule has 2 bridgehead atoms. The van der Waals surface area contributed by atoms with Crippen molar-refractivity contribution in [3.63, 3.8) is 0 Å². The molecular weight excluding hydrogens is 174 g/mol. The SMILES string of the molecule is C[C@@H]1[C@@H](CN=[N+]=[N-])C[C@H]2C[C@@H]1C2(C)C. The van der Waals surface area contributed by atoms with Crippen molar-refractivity contribution in [1.82, 2.24) is 0 Å². The third-order valence-corrected chi connectivity index (χ3v) is 4.89. The number of nitrogens with zero attached hydrogens (tertiary/aromatic N) is 3. The minimum atomic E-state index is 0.548. The van der Waals surface area contributed by atoms with Crippen LogP contribution < -0.4 is 0 Å². The van der Waals surface area contributed by atoms with Crippen LogP contribution in [-0.4, -0.2) is 6.54 Å². The molecule has 0 aromatic carbocycles. The van der Waals surface area contributed by atoms with E-state index >= 15 is 0 Å². The zero-order chi connectivity index (χ0) is 10.3. The van der Waals surface area contributed by atoms with Gasteiger partial charge >= 0.3 is 0 Å². The minimum absolute atomic E-state index is 0.548. The number of azide groups is 1. The summed E-state index contributed by atoms with van der Waals surface area (Å²) in [5, 5.41) is 3.73. The molecule has 3 nitrogen and oxygen atoms in total. The first kappa shape index (κ1) is 9.85. The van der Waals surface area contributed by atoms with Crippen molar-refractivity contribution >= 4 is 0 Å². The van der Waals surface area contributed by atoms with Gasteiger partial charge in [0.2, 0.25) is 0 Å². The molecule has 0 unspecified atom stereocenters. The molecule has 14 heavy (non-hydrogen) atoms. The zero-order valence-corrected chi connectivity index (χ0v) is 9.27. The van der Waals surface area contributed by atoms with Crippen molar-refractivity contribution in [2.24, 2.45) is 34.2 Å². The quantitative estimate of drug-likeness (QED) is 0.365. The molecule has 0 N–H and O–H groups in total. The lowest BCUT2D eigenvalue weighted by molar-refractivity contribution is -0.126. The average Bonchev–Trinajstić information content (AvgIpc) is 2.15. The average molecular weight is 193 g/mol. The summed E-state index contributed by atoms with van der Waals surface area (Å²) < 4.78 is 0. The fraction of sp³-hybridized carbons (Fsp3) is 1.00. The second-order valence-corrected chi connectivity index (χ2v) is 5.63. The Bertz CT molecular complexity index is 278. The van der Waals surface area contributed by atoms with Gasteiger partial charge in [0.05, 0.1) is 0 Å². The predicted octanol–water partition coefficient (Wildman–Crippen LogP) is 3.62. The summed E-state index contributed by atoms with van der Waals surface area (Å²) in [4.78, 5) is 2.87. The first-order chi connectivity index (χ1) is 6.57. The van der Waals surface area contributed by atoms with Crippen molar-refractivity contribution in [2.75, 3.05) is 6.54 Å². The summed E-state index contributed by atoms with van der Waals surface area (Å²) in [7, 11) is 0. The van der Waals surface area contributed by atoms with E-state index in [0.717, 1.165) is 17.8 Å². The van der Waals surface area contributed by atoms with E-state index < -0.39 is 0 Å². The van der Waals surface area contributed by atoms with Gasteiger partial charge in [-0.15, -0.1) is 0 Å². The van der Waals surface area contributed by atoms with E-state index in [1.165, 1.54) is 12.8 Å². The molecule has 0 saturated heterocycles. The first-order valence-corrected chi connectivity index (χ1v) is 5.58. The Morgan fingerprint density at radius 2 is 2.14 bits per heavy atom. The van der Waals surface area contributed by atoms with Gasteiger partial charge in [-0.25, -0.2) is 0 Å². The van der Waals surface area contributed by atoms with Crippen molar-refractivity contribution < 1.29 is 0 Å². The number of hydrogen-bond acceptors (Lipinski definition) is 1. The maximum Gasteiger partial charge on any atom is 0.0289 e. The summed E-state index contributed by atoms with van der Waals surface area (Å²) in [6.07, 6.45) is 2.67. The Labute approximate surface area is 85.5 Å². The molecule has 0 radical (unpaired) electrons. The van der Waals surface area contributed by atoms with Gasteiger partial charge in [-0.3, -0.25) is 0 Å². The highest BCUT2D eigenvalue weighted by molar-refractivity contribution is 5.05. The summed E-state index contributed by atoms with van der Waals surface area (Å²) in [5.41, 5.74) is 8.87. The minimum Gasteiger partial charge on any atom is -0.0937 e. The van der Waals surface area contributed by atoms with Crippen LogP contribution in [0.5, 0.6) is 0 Å². The third kappa shape index (κ3) is 1.23. The highest BCUT2D eigenvalue weighted by atomic mass is 15.1. The molecular formula is C11H19N3. The molecule has 3 aliphatic rings. The maximum atomic E-state index is 8.32. The van der Waals surface area contributed by atoms with Crippen molar-refractivity contribution in [3.05, 3.63) is 10.4 Å². The monoisotopic (exact) mass is 193 g/mol. The molecule has 4 atom stereocenters. The van der Waals surface area contributed by atoms with Gasteiger partial charge in [-0.05, 0) is 47.5 Å². The molecule has 0 aromatic rings. The number of fused-ring (bicyclic) bond motifs is 2. The van der Waals surface area contributed by atoms with Crippen LogP contribution in [0.2, 0.25) is 0 Å². The van der Waals surface area contributed by atoms with Crippen LogP contribution in [0.3, 0.4) is 0 Å². The van der Waals surface area contributed by atoms with Gasteiger partial charge in [0.1, 0.15) is 0 Å². The fourth-order valence-electron chi connectivity index (χ4n) is 3.64. The lowest BCUT2D eigenvalue weighted by atomic mass is 9.43. The summed E-state index contributed by atoms with van der Waals surface area (Å²) in [6.45, 7) is 7.83. The predicted molar refractivity (Wildman–Crippen MR) is 56.7 cm³/mol. The van der Waals surface area contributed by atoms with E-state index in [1.54, 1.807) is 0 Å². The molecule has 0 heterocycles. The lowest BCUT2D eigenvalue weighted by Gasteiger charge is -2.62. The second-order valence-electron chi connectivity index (χ2n) is 5.63. The standard InChI is InChI=1S/C11H19N3/c1-7-8(6-13-14-12)4-9-5-10(7)11(9,2)3/h7-10H,4-6H2,1-3H3/t7-,8-,9+,10+/m1/s1. The van der Waals surface area contributed by atoms with Crippen LogP contribution in [0.1, 0.15) is 33.6 Å². The lowest BCUT2D eigenvalue weighted by Crippen LogP contribution is -2.55. The van der Waals surface area contributed by atoms with Crippen LogP contribution >= 0.6 is 0 Å². The van der Waals surface area contributed by atoms with Gasteiger partial charge in [0.15, 0.2) is 0 Å². The van der Waals surface area contributed by atoms with Crippen LogP contribution in [-0.2, 0) is 0 Å². The van der Waals surface area contributed by atoms with Gasteiger partial charge in [0, 0.05) is 11.5 Å². The summed E-state index contributed by atoms with van der Waals surface area (Å²) >= 11 is 0. The molecule has 3 saturated carbocycles. The maximum absolute atomic E-state index is 8.32. The Morgan fingerprint density at radius 3 is 2.64 bits per heavy atom. The molecule has 0 amide bonds. The molecule has 3 rings (SSSR count). The number of hydrogen-bond donors (Lipinski definition) is 0. The molecule has 78 valence electrons. The largest absolute Gasteiger partial charge is 0.0937 e. The van der Waals surface area contributed by atoms with Crippen LogP contribution in [0, 0.1) is 29.1 Å². The second kappa shape index (κ2) is 3.16. The van der Waals surface area contributed by atoms with Gasteiger partial charge in [0.25, 0.3) is 0 Å². The van der Waals surface area contributed by atoms with Gasteiger partial charge < -0.3 is 0 Å². The van der Waals surface area contributed by atoms with E-state index in [-0.39, 0.29) is 0 Å². The third-order valence-electron chi connectivity index (χ3n) is 4.89. The van der Waals surface area contributed by atoms with Crippen molar-refractivity contribution in [3.8, 4) is 0 Å². The summed E-state index contributed by atoms with van der Waals surface area (Å²) in [6, 6.07) is 0. The van der Waals surface area contributed by atoms with Gasteiger partial charge in [-0.2, -0.15) is 0 Å². The smallest absolute Gasteiger partial charge is 0.0289 e. The molecule has 0 aliphatic heterocycles. The van der Waals surface area contributed by atoms with Crippen molar-refractivity contribution in [2.45, 2.75) is 33.6 Å². The topological polar surface area (TPSA) is 48.8 Å². The Balaban J connectivity index is 2.04. The Hall–Kier alpha value is -0.690. The van der Waals surface area contributed by atoms with Crippen LogP contribution in [0.25, 0.3) is 10.4 Å². The van der Waals surface area contributed by atoms with Crippen LogP contribution in [0.15, 0.2) is 5.11 Å². The Morgan fingerprint density at radius 1 is 1.43 bits per heavy atom. The zero-order valence-electron chi connectivity index (χ0n) is 9.27. The van der Waals surface area contributed by atoms with E-state index in [0.29, 0.717) is 17.9 Å². The highest BCUT2D eigenvalue weighted by Gasteiger charge is 2.55. The molecule has 3 heteroatoms. The van der Waals surface area contributed by atoms with E-state index in [2.05, 4.69) is 30.8 Å². The molecule has 0 spiro atoms. The highest BCUT2D eigenvalue weighted by Crippen LogP contribution is 2.62. The van der Waals surface area contributed by atoms with E-state index in [1.807, 2.05) is 0 Å². The molecule has 3 aliphatic carbocycles. The number of rotatable bonds is 2. The normalized spacial score (nSPS) is 43.6. The van der Waals surface area contributed by atoms with E-state index in [4.69, 9.17) is 5.53 Å². The van der Waals surface area contributed by atoms with Crippen molar-refractivity contribution in [1.29, 1.82) is 0 Å². The molecule has 0 aromatic heterocycles. The summed E-state index contributed by atoms with van der Waals surface area (Å²) in [5.74, 6) is 3.12. The van der Waals surface area contributed by atoms with E-state index in [9.17, 15) is 0 Å². The molecule has 3 fully saturated rings. The van der Waals surface area contributed by atoms with Gasteiger partial charge in [-0.1, -0.05) is 25.9 Å². The van der Waals surface area contributed by atoms with Crippen LogP contribution in [0.4, 0.5) is 0 Å². The Kier molecular flexibility index (Phi) is 2.23. The fourth-order valence-corrected chi connectivity index (χ4v) is 3.64. The first-order valence-electron chi connectivity index (χ1n) is 5.58.